The third-order valence-corrected chi connectivity index (χ3v) is 5.16. The Kier molecular flexibility index (Phi) is 6.20. The van der Waals surface area contributed by atoms with Gasteiger partial charge in [0.2, 0.25) is 5.91 Å². The monoisotopic (exact) mass is 423 g/mol. The highest BCUT2D eigenvalue weighted by Gasteiger charge is 2.17. The molecule has 3 aromatic rings. The number of carbonyl (C=O) groups is 1. The van der Waals surface area contributed by atoms with Gasteiger partial charge in [-0.05, 0) is 30.3 Å². The molecule has 7 nitrogen and oxygen atoms in total. The van der Waals surface area contributed by atoms with Crippen molar-refractivity contribution >= 4 is 46.6 Å². The summed E-state index contributed by atoms with van der Waals surface area (Å²) in [5.41, 5.74) is 1.19. The molecule has 10 heteroatoms. The zero-order chi connectivity index (χ0) is 19.4. The Hall–Kier alpha value is -2.29. The lowest BCUT2D eigenvalue weighted by Gasteiger charge is -2.09. The standard InChI is InChI=1S/C17H15Cl2N5O2S/c1-24-16(11-8-10(18)5-6-13(11)26-2)22-23-17(24)27-9-14(25)21-12-4-3-7-20-15(12)19/h3-8H,9H2,1-2H3,(H,21,25). The first kappa shape index (κ1) is 19.5. The first-order valence-electron chi connectivity index (χ1n) is 7.76. The van der Waals surface area contributed by atoms with E-state index >= 15 is 0 Å². The van der Waals surface area contributed by atoms with Gasteiger partial charge in [0.1, 0.15) is 5.75 Å². The Morgan fingerprint density at radius 2 is 2.11 bits per heavy atom. The van der Waals surface area contributed by atoms with E-state index in [0.29, 0.717) is 27.4 Å². The molecular weight excluding hydrogens is 409 g/mol. The highest BCUT2D eigenvalue weighted by Crippen LogP contribution is 2.32. The van der Waals surface area contributed by atoms with E-state index in [-0.39, 0.29) is 16.8 Å². The van der Waals surface area contributed by atoms with Gasteiger partial charge in [-0.1, -0.05) is 35.0 Å². The number of thioether (sulfide) groups is 1. The van der Waals surface area contributed by atoms with Crippen molar-refractivity contribution in [1.29, 1.82) is 0 Å². The van der Waals surface area contributed by atoms with Gasteiger partial charge in [0.15, 0.2) is 16.1 Å². The summed E-state index contributed by atoms with van der Waals surface area (Å²) in [6.07, 6.45) is 1.55. The average Bonchev–Trinajstić information content (AvgIpc) is 3.02. The zero-order valence-electron chi connectivity index (χ0n) is 14.4. The van der Waals surface area contributed by atoms with Crippen LogP contribution in [0.3, 0.4) is 0 Å². The summed E-state index contributed by atoms with van der Waals surface area (Å²) in [4.78, 5) is 16.1. The molecule has 1 aromatic carbocycles. The summed E-state index contributed by atoms with van der Waals surface area (Å²) in [6.45, 7) is 0. The van der Waals surface area contributed by atoms with E-state index in [1.807, 2.05) is 7.05 Å². The fourth-order valence-corrected chi connectivity index (χ4v) is 3.38. The number of pyridine rings is 1. The number of hydrogen-bond acceptors (Lipinski definition) is 6. The molecule has 0 aliphatic carbocycles. The number of anilines is 1. The molecule has 0 fully saturated rings. The molecule has 0 spiro atoms. The Labute approximate surface area is 170 Å². The first-order valence-corrected chi connectivity index (χ1v) is 9.50. The normalized spacial score (nSPS) is 10.7. The molecule has 0 bridgehead atoms. The van der Waals surface area contributed by atoms with Crippen LogP contribution in [0.5, 0.6) is 5.75 Å². The lowest BCUT2D eigenvalue weighted by molar-refractivity contribution is -0.113. The van der Waals surface area contributed by atoms with Crippen LogP contribution in [0.25, 0.3) is 11.4 Å². The second-order valence-corrected chi connectivity index (χ2v) is 7.13. The van der Waals surface area contributed by atoms with Gasteiger partial charge in [-0.25, -0.2) is 4.98 Å². The van der Waals surface area contributed by atoms with Gasteiger partial charge < -0.3 is 14.6 Å². The van der Waals surface area contributed by atoms with Gasteiger partial charge in [0.25, 0.3) is 0 Å². The number of methoxy groups -OCH3 is 1. The quantitative estimate of drug-likeness (QED) is 0.477. The zero-order valence-corrected chi connectivity index (χ0v) is 16.8. The van der Waals surface area contributed by atoms with Gasteiger partial charge in [-0.15, -0.1) is 10.2 Å². The Bertz CT molecular complexity index is 980. The van der Waals surface area contributed by atoms with E-state index < -0.39 is 0 Å². The number of amides is 1. The topological polar surface area (TPSA) is 81.9 Å². The van der Waals surface area contributed by atoms with Crippen LogP contribution in [0.4, 0.5) is 5.69 Å². The first-order chi connectivity index (χ1) is 13.0. The summed E-state index contributed by atoms with van der Waals surface area (Å²) >= 11 is 13.3. The second-order valence-electron chi connectivity index (χ2n) is 5.39. The molecule has 2 heterocycles. The Morgan fingerprint density at radius 3 is 2.85 bits per heavy atom. The number of halogens is 2. The molecule has 0 atom stereocenters. The molecule has 0 radical (unpaired) electrons. The predicted molar refractivity (Wildman–Crippen MR) is 107 cm³/mol. The molecule has 0 saturated heterocycles. The summed E-state index contributed by atoms with van der Waals surface area (Å²) < 4.78 is 7.15. The summed E-state index contributed by atoms with van der Waals surface area (Å²) in [6, 6.07) is 8.65. The SMILES string of the molecule is COc1ccc(Cl)cc1-c1nnc(SCC(=O)Nc2cccnc2Cl)n1C. The number of benzene rings is 1. The van der Waals surface area contributed by atoms with Crippen LogP contribution < -0.4 is 10.1 Å². The molecular formula is C17H15Cl2N5O2S. The molecule has 2 aromatic heterocycles. The van der Waals surface area contributed by atoms with Gasteiger partial charge >= 0.3 is 0 Å². The molecule has 0 aliphatic rings. The summed E-state index contributed by atoms with van der Waals surface area (Å²) in [5, 5.41) is 12.5. The van der Waals surface area contributed by atoms with Crippen molar-refractivity contribution in [2.45, 2.75) is 5.16 Å². The summed E-state index contributed by atoms with van der Waals surface area (Å²) in [7, 11) is 3.39. The second kappa shape index (κ2) is 8.60. The molecule has 0 aliphatic heterocycles. The van der Waals surface area contributed by atoms with Crippen LogP contribution >= 0.6 is 35.0 Å². The van der Waals surface area contributed by atoms with Crippen LogP contribution in [0.15, 0.2) is 41.7 Å². The van der Waals surface area contributed by atoms with Crippen LogP contribution in [0.2, 0.25) is 10.2 Å². The maximum Gasteiger partial charge on any atom is 0.234 e. The molecule has 1 amide bonds. The number of nitrogens with zero attached hydrogens (tertiary/aromatic N) is 4. The Balaban J connectivity index is 1.72. The smallest absolute Gasteiger partial charge is 0.234 e. The van der Waals surface area contributed by atoms with Crippen molar-refractivity contribution in [2.75, 3.05) is 18.2 Å². The van der Waals surface area contributed by atoms with E-state index in [4.69, 9.17) is 27.9 Å². The fourth-order valence-electron chi connectivity index (χ4n) is 2.33. The fraction of sp³-hybridized carbons (Fsp3) is 0.176. The third-order valence-electron chi connectivity index (χ3n) is 3.60. The molecule has 3 rings (SSSR count). The molecule has 27 heavy (non-hydrogen) atoms. The van der Waals surface area contributed by atoms with Crippen LogP contribution in [0, 0.1) is 0 Å². The molecule has 140 valence electrons. The largest absolute Gasteiger partial charge is 0.496 e. The van der Waals surface area contributed by atoms with Crippen molar-refractivity contribution in [3.05, 3.63) is 46.7 Å². The van der Waals surface area contributed by atoms with Crippen molar-refractivity contribution < 1.29 is 9.53 Å². The van der Waals surface area contributed by atoms with Gasteiger partial charge in [-0.2, -0.15) is 0 Å². The molecule has 0 unspecified atom stereocenters. The molecule has 1 N–H and O–H groups in total. The van der Waals surface area contributed by atoms with Crippen LogP contribution in [-0.2, 0) is 11.8 Å². The minimum atomic E-state index is -0.222. The highest BCUT2D eigenvalue weighted by molar-refractivity contribution is 7.99. The number of rotatable bonds is 6. The number of nitrogens with one attached hydrogen (secondary N) is 1. The van der Waals surface area contributed by atoms with Crippen LogP contribution in [0.1, 0.15) is 0 Å². The van der Waals surface area contributed by atoms with Crippen molar-refractivity contribution in [2.24, 2.45) is 7.05 Å². The van der Waals surface area contributed by atoms with Gasteiger partial charge in [0.05, 0.1) is 24.1 Å². The van der Waals surface area contributed by atoms with Crippen molar-refractivity contribution in [3.63, 3.8) is 0 Å². The minimum absolute atomic E-state index is 0.143. The maximum absolute atomic E-state index is 12.2. The molecule has 0 saturated carbocycles. The maximum atomic E-state index is 12.2. The average molecular weight is 424 g/mol. The van der Waals surface area contributed by atoms with Crippen molar-refractivity contribution in [1.82, 2.24) is 19.7 Å². The van der Waals surface area contributed by atoms with Crippen molar-refractivity contribution in [3.8, 4) is 17.1 Å². The van der Waals surface area contributed by atoms with E-state index in [9.17, 15) is 4.79 Å². The number of ether oxygens (including phenoxy) is 1. The number of hydrogen-bond donors (Lipinski definition) is 1. The van der Waals surface area contributed by atoms with E-state index in [2.05, 4.69) is 20.5 Å². The lowest BCUT2D eigenvalue weighted by Crippen LogP contribution is -2.15. The lowest BCUT2D eigenvalue weighted by atomic mass is 10.2. The highest BCUT2D eigenvalue weighted by atomic mass is 35.5. The van der Waals surface area contributed by atoms with Crippen LogP contribution in [-0.4, -0.2) is 38.5 Å². The van der Waals surface area contributed by atoms with Gasteiger partial charge in [-0.3, -0.25) is 4.79 Å². The number of aromatic nitrogens is 4. The van der Waals surface area contributed by atoms with E-state index in [0.717, 1.165) is 5.56 Å². The van der Waals surface area contributed by atoms with Gasteiger partial charge in [0, 0.05) is 18.3 Å². The minimum Gasteiger partial charge on any atom is -0.496 e. The predicted octanol–water partition coefficient (Wildman–Crippen LogP) is 3.92. The third kappa shape index (κ3) is 4.52. The van der Waals surface area contributed by atoms with E-state index in [1.54, 1.807) is 48.2 Å². The van der Waals surface area contributed by atoms with E-state index in [1.165, 1.54) is 11.8 Å². The Morgan fingerprint density at radius 1 is 1.30 bits per heavy atom. The summed E-state index contributed by atoms with van der Waals surface area (Å²) in [5.74, 6) is 1.15. The number of carbonyl (C=O) groups excluding carboxylic acids is 1.